The van der Waals surface area contributed by atoms with E-state index in [0.29, 0.717) is 5.92 Å². The third kappa shape index (κ3) is 1.47. The first-order chi connectivity index (χ1) is 8.18. The molecule has 2 aliphatic heterocycles. The van der Waals surface area contributed by atoms with Crippen molar-refractivity contribution in [2.75, 3.05) is 32.5 Å². The predicted octanol–water partition coefficient (Wildman–Crippen LogP) is 1.77. The maximum atomic E-state index is 12.0. The Morgan fingerprint density at radius 1 is 1.29 bits per heavy atom. The number of carbonyl (C=O) groups excluding carboxylic acids is 1. The number of urea groups is 1. The van der Waals surface area contributed by atoms with Gasteiger partial charge in [-0.3, -0.25) is 0 Å². The summed E-state index contributed by atoms with van der Waals surface area (Å²) in [6, 6.07) is 8.61. The molecule has 4 heteroatoms. The van der Waals surface area contributed by atoms with Gasteiger partial charge in [0, 0.05) is 38.8 Å². The second-order valence-electron chi connectivity index (χ2n) is 4.95. The smallest absolute Gasteiger partial charge is 0.320 e. The molecule has 1 aromatic carbocycles. The molecule has 1 N–H and O–H groups in total. The second-order valence-corrected chi connectivity index (χ2v) is 4.95. The minimum atomic E-state index is 0.114. The molecule has 90 valence electrons. The number of nitrogens with one attached hydrogen (secondary N) is 1. The van der Waals surface area contributed by atoms with Crippen LogP contribution in [0.1, 0.15) is 11.6 Å². The first-order valence-electron chi connectivity index (χ1n) is 5.99. The van der Waals surface area contributed by atoms with Crippen LogP contribution in [-0.2, 0) is 0 Å². The fourth-order valence-electron chi connectivity index (χ4n) is 3.03. The normalized spacial score (nSPS) is 27.3. The molecule has 0 aromatic heterocycles. The quantitative estimate of drug-likeness (QED) is 0.738. The van der Waals surface area contributed by atoms with E-state index in [9.17, 15) is 4.79 Å². The lowest BCUT2D eigenvalue weighted by Gasteiger charge is -2.46. The highest BCUT2D eigenvalue weighted by Gasteiger charge is 2.40. The Labute approximate surface area is 101 Å². The zero-order chi connectivity index (χ0) is 12.0. The van der Waals surface area contributed by atoms with Gasteiger partial charge in [0.1, 0.15) is 0 Å². The molecule has 2 unspecified atom stereocenters. The lowest BCUT2D eigenvalue weighted by atomic mass is 9.85. The van der Waals surface area contributed by atoms with Crippen LogP contribution in [0.3, 0.4) is 0 Å². The van der Waals surface area contributed by atoms with Crippen molar-refractivity contribution in [3.05, 3.63) is 29.8 Å². The number of fused-ring (bicyclic) bond motifs is 3. The van der Waals surface area contributed by atoms with Gasteiger partial charge in [-0.2, -0.15) is 0 Å². The van der Waals surface area contributed by atoms with E-state index in [-0.39, 0.29) is 12.1 Å². The highest BCUT2D eigenvalue weighted by atomic mass is 16.2. The third-order valence-electron chi connectivity index (χ3n) is 3.83. The first kappa shape index (κ1) is 10.4. The van der Waals surface area contributed by atoms with Gasteiger partial charge in [-0.1, -0.05) is 18.2 Å². The van der Waals surface area contributed by atoms with Gasteiger partial charge in [0.2, 0.25) is 0 Å². The molecule has 1 fully saturated rings. The standard InChI is InChI=1S/C13H17N3O/c1-15-8-9-7-14-11-6-4-3-5-10(11)12(9)16(2)13(15)17/h3-6,9,12,14H,7-8H2,1-2H3. The average Bonchev–Trinajstić information content (AvgIpc) is 2.35. The Bertz CT molecular complexity index is 460. The summed E-state index contributed by atoms with van der Waals surface area (Å²) in [5.41, 5.74) is 2.41. The molecule has 4 nitrogen and oxygen atoms in total. The third-order valence-corrected chi connectivity index (χ3v) is 3.83. The maximum Gasteiger partial charge on any atom is 0.320 e. The van der Waals surface area contributed by atoms with Crippen molar-refractivity contribution in [1.82, 2.24) is 9.80 Å². The first-order valence-corrected chi connectivity index (χ1v) is 5.99. The summed E-state index contributed by atoms with van der Waals surface area (Å²) in [6.45, 7) is 1.76. The molecule has 0 spiro atoms. The number of hydrogen-bond acceptors (Lipinski definition) is 2. The van der Waals surface area contributed by atoms with Crippen LogP contribution in [0.15, 0.2) is 24.3 Å². The number of nitrogens with zero attached hydrogens (tertiary/aromatic N) is 2. The van der Waals surface area contributed by atoms with Crippen molar-refractivity contribution in [3.8, 4) is 0 Å². The molecule has 2 atom stereocenters. The van der Waals surface area contributed by atoms with Crippen molar-refractivity contribution in [2.45, 2.75) is 6.04 Å². The fourth-order valence-corrected chi connectivity index (χ4v) is 3.03. The van der Waals surface area contributed by atoms with E-state index in [4.69, 9.17) is 0 Å². The van der Waals surface area contributed by atoms with Gasteiger partial charge in [0.05, 0.1) is 6.04 Å². The monoisotopic (exact) mass is 231 g/mol. The van der Waals surface area contributed by atoms with Crippen molar-refractivity contribution in [1.29, 1.82) is 0 Å². The zero-order valence-electron chi connectivity index (χ0n) is 10.2. The minimum Gasteiger partial charge on any atom is -0.384 e. The summed E-state index contributed by atoms with van der Waals surface area (Å²) in [5, 5.41) is 3.45. The second kappa shape index (κ2) is 3.65. The summed E-state index contributed by atoms with van der Waals surface area (Å²) in [6.07, 6.45) is 0. The van der Waals surface area contributed by atoms with Crippen molar-refractivity contribution in [2.24, 2.45) is 5.92 Å². The Morgan fingerprint density at radius 2 is 2.06 bits per heavy atom. The summed E-state index contributed by atoms with van der Waals surface area (Å²) < 4.78 is 0. The Kier molecular flexibility index (Phi) is 2.24. The summed E-state index contributed by atoms with van der Waals surface area (Å²) >= 11 is 0. The molecule has 17 heavy (non-hydrogen) atoms. The van der Waals surface area contributed by atoms with Crippen LogP contribution in [0, 0.1) is 5.92 Å². The van der Waals surface area contributed by atoms with E-state index >= 15 is 0 Å². The van der Waals surface area contributed by atoms with Gasteiger partial charge in [-0.25, -0.2) is 4.79 Å². The van der Waals surface area contributed by atoms with E-state index in [2.05, 4.69) is 17.4 Å². The number of hydrogen-bond donors (Lipinski definition) is 1. The molecule has 0 saturated carbocycles. The summed E-state index contributed by atoms with van der Waals surface area (Å²) in [5.74, 6) is 0.470. The lowest BCUT2D eigenvalue weighted by molar-refractivity contribution is 0.0890. The van der Waals surface area contributed by atoms with E-state index < -0.39 is 0 Å². The molecule has 0 aliphatic carbocycles. The lowest BCUT2D eigenvalue weighted by Crippen LogP contribution is -2.54. The van der Waals surface area contributed by atoms with Crippen molar-refractivity contribution < 1.29 is 4.79 Å². The summed E-state index contributed by atoms with van der Waals surface area (Å²) in [4.78, 5) is 15.7. The van der Waals surface area contributed by atoms with Crippen LogP contribution in [0.5, 0.6) is 0 Å². The topological polar surface area (TPSA) is 35.6 Å². The van der Waals surface area contributed by atoms with E-state index in [1.54, 1.807) is 4.90 Å². The molecule has 2 aliphatic rings. The molecule has 3 rings (SSSR count). The molecule has 0 bridgehead atoms. The number of benzene rings is 1. The minimum absolute atomic E-state index is 0.114. The number of para-hydroxylation sites is 1. The number of amides is 2. The van der Waals surface area contributed by atoms with Gasteiger partial charge in [0.15, 0.2) is 0 Å². The van der Waals surface area contributed by atoms with Crippen molar-refractivity contribution in [3.63, 3.8) is 0 Å². The highest BCUT2D eigenvalue weighted by molar-refractivity contribution is 5.76. The summed E-state index contributed by atoms with van der Waals surface area (Å²) in [7, 11) is 3.77. The van der Waals surface area contributed by atoms with Crippen LogP contribution in [0.4, 0.5) is 10.5 Å². The van der Waals surface area contributed by atoms with Gasteiger partial charge in [-0.05, 0) is 11.6 Å². The molecule has 1 aromatic rings. The molecular weight excluding hydrogens is 214 g/mol. The number of rotatable bonds is 0. The van der Waals surface area contributed by atoms with Crippen LogP contribution < -0.4 is 5.32 Å². The fraction of sp³-hybridized carbons (Fsp3) is 0.462. The highest BCUT2D eigenvalue weighted by Crippen LogP contribution is 2.39. The van der Waals surface area contributed by atoms with Crippen LogP contribution >= 0.6 is 0 Å². The molecule has 1 saturated heterocycles. The van der Waals surface area contributed by atoms with Crippen LogP contribution in [0.2, 0.25) is 0 Å². The van der Waals surface area contributed by atoms with Gasteiger partial charge < -0.3 is 15.1 Å². The van der Waals surface area contributed by atoms with E-state index in [1.807, 2.05) is 31.1 Å². The van der Waals surface area contributed by atoms with Gasteiger partial charge in [0.25, 0.3) is 0 Å². The number of carbonyl (C=O) groups is 1. The number of anilines is 1. The Morgan fingerprint density at radius 3 is 2.88 bits per heavy atom. The molecule has 0 radical (unpaired) electrons. The maximum absolute atomic E-state index is 12.0. The average molecular weight is 231 g/mol. The van der Waals surface area contributed by atoms with E-state index in [0.717, 1.165) is 18.8 Å². The Hall–Kier alpha value is -1.71. The van der Waals surface area contributed by atoms with Crippen molar-refractivity contribution >= 4 is 11.7 Å². The van der Waals surface area contributed by atoms with Gasteiger partial charge in [-0.15, -0.1) is 0 Å². The molecule has 2 amide bonds. The largest absolute Gasteiger partial charge is 0.384 e. The van der Waals surface area contributed by atoms with E-state index in [1.165, 1.54) is 5.56 Å². The zero-order valence-corrected chi connectivity index (χ0v) is 10.2. The Balaban J connectivity index is 2.03. The van der Waals surface area contributed by atoms with Crippen LogP contribution in [0.25, 0.3) is 0 Å². The molecule has 2 heterocycles. The molecular formula is C13H17N3O. The predicted molar refractivity (Wildman–Crippen MR) is 67.0 cm³/mol. The van der Waals surface area contributed by atoms with Gasteiger partial charge >= 0.3 is 6.03 Å². The SMILES string of the molecule is CN1CC2CNc3ccccc3C2N(C)C1=O. The van der Waals surface area contributed by atoms with Crippen LogP contribution in [-0.4, -0.2) is 43.0 Å².